The summed E-state index contributed by atoms with van der Waals surface area (Å²) >= 11 is 9.04. The lowest BCUT2D eigenvalue weighted by Crippen LogP contribution is -2.04. The molecular weight excluding hydrogens is 262 g/mol. The molecule has 0 radical (unpaired) electrons. The minimum Gasteiger partial charge on any atom is -0.324 e. The second kappa shape index (κ2) is 5.14. The van der Waals surface area contributed by atoms with E-state index in [-0.39, 0.29) is 6.04 Å². The molecule has 0 aliphatic heterocycles. The number of hydrogen-bond donors (Lipinski definition) is 1. The van der Waals surface area contributed by atoms with Crippen LogP contribution in [0.4, 0.5) is 0 Å². The van der Waals surface area contributed by atoms with Gasteiger partial charge >= 0.3 is 0 Å². The van der Waals surface area contributed by atoms with Crippen molar-refractivity contribution < 1.29 is 0 Å². The maximum absolute atomic E-state index is 6.17. The van der Waals surface area contributed by atoms with Crippen molar-refractivity contribution >= 4 is 34.9 Å². The van der Waals surface area contributed by atoms with Crippen LogP contribution in [-0.4, -0.2) is 9.36 Å². The van der Waals surface area contributed by atoms with Gasteiger partial charge in [-0.05, 0) is 36.2 Å². The summed E-state index contributed by atoms with van der Waals surface area (Å²) in [6.07, 6.45) is 1.54. The molecule has 0 aliphatic rings. The first-order valence-corrected chi connectivity index (χ1v) is 6.63. The molecule has 0 bridgehead atoms. The van der Waals surface area contributed by atoms with Gasteiger partial charge in [0.05, 0.1) is 5.02 Å². The monoisotopic (exact) mass is 271 g/mol. The van der Waals surface area contributed by atoms with Gasteiger partial charge in [0.1, 0.15) is 6.33 Å². The zero-order chi connectivity index (χ0) is 11.5. The van der Waals surface area contributed by atoms with Crippen LogP contribution in [0, 0.1) is 0 Å². The predicted octanol–water partition coefficient (Wildman–Crippen LogP) is 3.36. The standard InChI is InChI=1S/C10H10ClN3S2/c1-6(12)7-2-3-9(8(11)4-7)15-10-13-5-14-16-10/h2-6H,12H2,1H3/t6-/m1/s1. The molecule has 2 rings (SSSR count). The van der Waals surface area contributed by atoms with Crippen LogP contribution in [0.2, 0.25) is 5.02 Å². The molecule has 1 aromatic carbocycles. The molecule has 2 N–H and O–H groups in total. The fraction of sp³-hybridized carbons (Fsp3) is 0.200. The van der Waals surface area contributed by atoms with Crippen LogP contribution < -0.4 is 5.73 Å². The third-order valence-corrected chi connectivity index (χ3v) is 4.24. The van der Waals surface area contributed by atoms with E-state index >= 15 is 0 Å². The molecule has 3 nitrogen and oxygen atoms in total. The first kappa shape index (κ1) is 11.9. The van der Waals surface area contributed by atoms with E-state index in [1.54, 1.807) is 0 Å². The number of aromatic nitrogens is 2. The zero-order valence-electron chi connectivity index (χ0n) is 8.55. The molecule has 0 amide bonds. The summed E-state index contributed by atoms with van der Waals surface area (Å²) in [6, 6.07) is 5.85. The van der Waals surface area contributed by atoms with E-state index in [1.807, 2.05) is 25.1 Å². The van der Waals surface area contributed by atoms with Gasteiger partial charge in [-0.15, -0.1) is 0 Å². The number of hydrogen-bond acceptors (Lipinski definition) is 5. The Kier molecular flexibility index (Phi) is 3.81. The van der Waals surface area contributed by atoms with E-state index in [1.165, 1.54) is 29.6 Å². The second-order valence-corrected chi connectivity index (χ2v) is 5.76. The fourth-order valence-corrected chi connectivity index (χ4v) is 2.90. The maximum atomic E-state index is 6.17. The first-order valence-electron chi connectivity index (χ1n) is 4.66. The summed E-state index contributed by atoms with van der Waals surface area (Å²) in [5, 5.41) is 0.704. The number of benzene rings is 1. The van der Waals surface area contributed by atoms with E-state index in [4.69, 9.17) is 17.3 Å². The molecule has 6 heteroatoms. The summed E-state index contributed by atoms with van der Waals surface area (Å²) in [4.78, 5) is 5.07. The summed E-state index contributed by atoms with van der Waals surface area (Å²) in [5.41, 5.74) is 6.82. The SMILES string of the molecule is C[C@@H](N)c1ccc(Sc2ncns2)c(Cl)c1. The summed E-state index contributed by atoms with van der Waals surface area (Å²) in [5.74, 6) is 0. The minimum absolute atomic E-state index is 0.00178. The van der Waals surface area contributed by atoms with Crippen molar-refractivity contribution in [1.82, 2.24) is 9.36 Å². The Bertz CT molecular complexity index is 471. The van der Waals surface area contributed by atoms with Gasteiger partial charge in [0.2, 0.25) is 0 Å². The van der Waals surface area contributed by atoms with Crippen LogP contribution in [0.25, 0.3) is 0 Å². The van der Waals surface area contributed by atoms with Crippen LogP contribution >= 0.6 is 34.9 Å². The molecule has 0 unspecified atom stereocenters. The summed E-state index contributed by atoms with van der Waals surface area (Å²) in [6.45, 7) is 1.93. The Morgan fingerprint density at radius 1 is 1.50 bits per heavy atom. The average Bonchev–Trinajstić information content (AvgIpc) is 2.73. The molecule has 0 saturated carbocycles. The topological polar surface area (TPSA) is 51.8 Å². The first-order chi connectivity index (χ1) is 7.66. The Morgan fingerprint density at radius 2 is 2.31 bits per heavy atom. The highest BCUT2D eigenvalue weighted by atomic mass is 35.5. The molecule has 0 fully saturated rings. The Labute approximate surface area is 107 Å². The molecule has 0 aliphatic carbocycles. The van der Waals surface area contributed by atoms with Crippen LogP contribution in [0.15, 0.2) is 33.8 Å². The molecular formula is C10H10ClN3S2. The largest absolute Gasteiger partial charge is 0.324 e. The molecule has 2 aromatic rings. The number of nitrogens with two attached hydrogens (primary N) is 1. The van der Waals surface area contributed by atoms with E-state index in [0.29, 0.717) is 5.02 Å². The van der Waals surface area contributed by atoms with Crippen LogP contribution in [0.5, 0.6) is 0 Å². The Hall–Kier alpha value is -0.620. The van der Waals surface area contributed by atoms with Crippen molar-refractivity contribution in [2.24, 2.45) is 5.73 Å². The smallest absolute Gasteiger partial charge is 0.174 e. The quantitative estimate of drug-likeness (QED) is 0.930. The molecule has 1 heterocycles. The molecule has 1 atom stereocenters. The predicted molar refractivity (Wildman–Crippen MR) is 68.1 cm³/mol. The third kappa shape index (κ3) is 2.74. The van der Waals surface area contributed by atoms with Gasteiger partial charge in [-0.2, -0.15) is 4.37 Å². The van der Waals surface area contributed by atoms with Crippen molar-refractivity contribution in [1.29, 1.82) is 0 Å². The highest BCUT2D eigenvalue weighted by Crippen LogP contribution is 2.34. The molecule has 0 spiro atoms. The Balaban J connectivity index is 2.23. The lowest BCUT2D eigenvalue weighted by Gasteiger charge is -2.08. The van der Waals surface area contributed by atoms with Gasteiger partial charge in [-0.25, -0.2) is 4.98 Å². The van der Waals surface area contributed by atoms with Crippen LogP contribution in [-0.2, 0) is 0 Å². The minimum atomic E-state index is -0.00178. The van der Waals surface area contributed by atoms with Crippen molar-refractivity contribution in [2.45, 2.75) is 22.2 Å². The van der Waals surface area contributed by atoms with E-state index in [9.17, 15) is 0 Å². The number of halogens is 1. The van der Waals surface area contributed by atoms with Gasteiger partial charge in [-0.3, -0.25) is 0 Å². The van der Waals surface area contributed by atoms with E-state index < -0.39 is 0 Å². The molecule has 0 saturated heterocycles. The zero-order valence-corrected chi connectivity index (χ0v) is 10.9. The van der Waals surface area contributed by atoms with Gasteiger partial charge < -0.3 is 5.73 Å². The third-order valence-electron chi connectivity index (χ3n) is 2.02. The normalized spacial score (nSPS) is 12.7. The molecule has 84 valence electrons. The van der Waals surface area contributed by atoms with Crippen LogP contribution in [0.3, 0.4) is 0 Å². The molecule has 16 heavy (non-hydrogen) atoms. The van der Waals surface area contributed by atoms with E-state index in [0.717, 1.165) is 14.8 Å². The summed E-state index contributed by atoms with van der Waals surface area (Å²) in [7, 11) is 0. The maximum Gasteiger partial charge on any atom is 0.174 e. The van der Waals surface area contributed by atoms with Crippen molar-refractivity contribution in [3.05, 3.63) is 35.1 Å². The van der Waals surface area contributed by atoms with E-state index in [2.05, 4.69) is 9.36 Å². The summed E-state index contributed by atoms with van der Waals surface area (Å²) < 4.78 is 4.83. The lowest BCUT2D eigenvalue weighted by molar-refractivity contribution is 0.817. The second-order valence-electron chi connectivity index (χ2n) is 3.29. The highest BCUT2D eigenvalue weighted by Gasteiger charge is 2.07. The average molecular weight is 272 g/mol. The van der Waals surface area contributed by atoms with Gasteiger partial charge in [0.15, 0.2) is 4.34 Å². The molecule has 1 aromatic heterocycles. The van der Waals surface area contributed by atoms with Crippen molar-refractivity contribution in [2.75, 3.05) is 0 Å². The van der Waals surface area contributed by atoms with Gasteiger partial charge in [-0.1, -0.05) is 29.4 Å². The fourth-order valence-electron chi connectivity index (χ4n) is 1.19. The Morgan fingerprint density at radius 3 is 2.88 bits per heavy atom. The van der Waals surface area contributed by atoms with Gasteiger partial charge in [0, 0.05) is 10.9 Å². The number of nitrogens with zero attached hydrogens (tertiary/aromatic N) is 2. The van der Waals surface area contributed by atoms with Crippen LogP contribution in [0.1, 0.15) is 18.5 Å². The van der Waals surface area contributed by atoms with Gasteiger partial charge in [0.25, 0.3) is 0 Å². The van der Waals surface area contributed by atoms with Crippen molar-refractivity contribution in [3.63, 3.8) is 0 Å². The van der Waals surface area contributed by atoms with Crippen molar-refractivity contribution in [3.8, 4) is 0 Å². The lowest BCUT2D eigenvalue weighted by atomic mass is 10.1. The highest BCUT2D eigenvalue weighted by molar-refractivity contribution is 8.01. The number of rotatable bonds is 3.